The van der Waals surface area contributed by atoms with Crippen LogP contribution in [0.1, 0.15) is 12.5 Å². The smallest absolute Gasteiger partial charge is 0.320 e. The van der Waals surface area contributed by atoms with Crippen molar-refractivity contribution in [1.82, 2.24) is 0 Å². The van der Waals surface area contributed by atoms with Crippen molar-refractivity contribution in [1.29, 1.82) is 0 Å². The highest BCUT2D eigenvalue weighted by Crippen LogP contribution is 2.13. The molecule has 3 N–H and O–H groups in total. The number of hydrogen-bond donors (Lipinski definition) is 2. The predicted octanol–water partition coefficient (Wildman–Crippen LogP) is 1.06. The maximum absolute atomic E-state index is 10.7. The molecule has 0 radical (unpaired) electrons. The molecule has 0 aliphatic rings. The lowest BCUT2D eigenvalue weighted by atomic mass is 10.1. The van der Waals surface area contributed by atoms with Crippen molar-refractivity contribution in [2.24, 2.45) is 10.9 Å². The van der Waals surface area contributed by atoms with Crippen LogP contribution >= 0.6 is 0 Å². The van der Waals surface area contributed by atoms with Crippen molar-refractivity contribution in [3.8, 4) is 5.75 Å². The van der Waals surface area contributed by atoms with Crippen LogP contribution in [-0.2, 0) is 20.8 Å². The topological polar surface area (TPSA) is 103 Å². The fourth-order valence-corrected chi connectivity index (χ4v) is 1.55. The van der Waals surface area contributed by atoms with Crippen LogP contribution in [0.3, 0.4) is 0 Å². The molecule has 7 heteroatoms. The van der Waals surface area contributed by atoms with E-state index < -0.39 is 12.0 Å². The van der Waals surface area contributed by atoms with E-state index in [4.69, 9.17) is 25.2 Å². The standard InChI is InChI=1S/C15H22N2O5/c1-11(17-22-8-7-20-2)10-21-13-5-3-12(4-6-13)9-14(16)15(18)19/h3-6,14H,7-10,16H2,1-2H3,(H,18,19)/b17-11+. The Morgan fingerprint density at radius 3 is 2.59 bits per heavy atom. The molecule has 7 nitrogen and oxygen atoms in total. The van der Waals surface area contributed by atoms with Crippen molar-refractivity contribution in [2.45, 2.75) is 19.4 Å². The molecule has 0 amide bonds. The number of methoxy groups -OCH3 is 1. The summed E-state index contributed by atoms with van der Waals surface area (Å²) in [5, 5.41) is 12.6. The zero-order valence-electron chi connectivity index (χ0n) is 12.8. The van der Waals surface area contributed by atoms with Crippen LogP contribution < -0.4 is 10.5 Å². The molecule has 0 heterocycles. The van der Waals surface area contributed by atoms with E-state index in [9.17, 15) is 4.79 Å². The highest BCUT2D eigenvalue weighted by atomic mass is 16.6. The van der Waals surface area contributed by atoms with Crippen LogP contribution in [0.2, 0.25) is 0 Å². The predicted molar refractivity (Wildman–Crippen MR) is 82.2 cm³/mol. The summed E-state index contributed by atoms with van der Waals surface area (Å²) in [4.78, 5) is 15.7. The van der Waals surface area contributed by atoms with E-state index in [1.54, 1.807) is 38.3 Å². The second-order valence-electron chi connectivity index (χ2n) is 4.73. The summed E-state index contributed by atoms with van der Waals surface area (Å²) in [6.07, 6.45) is 0.281. The first-order chi connectivity index (χ1) is 10.5. The molecule has 122 valence electrons. The number of nitrogens with two attached hydrogens (primary N) is 1. The average molecular weight is 310 g/mol. The highest BCUT2D eigenvalue weighted by molar-refractivity contribution is 5.82. The molecule has 0 saturated carbocycles. The normalized spacial score (nSPS) is 12.8. The fourth-order valence-electron chi connectivity index (χ4n) is 1.55. The Hall–Kier alpha value is -2.12. The molecule has 0 aliphatic carbocycles. The van der Waals surface area contributed by atoms with Gasteiger partial charge in [-0.05, 0) is 31.0 Å². The monoisotopic (exact) mass is 310 g/mol. The third-order valence-corrected chi connectivity index (χ3v) is 2.74. The first-order valence-corrected chi connectivity index (χ1v) is 6.87. The number of carbonyl (C=O) groups is 1. The Balaban J connectivity index is 2.39. The zero-order chi connectivity index (χ0) is 16.4. The van der Waals surface area contributed by atoms with E-state index in [0.29, 0.717) is 31.3 Å². The first-order valence-electron chi connectivity index (χ1n) is 6.87. The number of benzene rings is 1. The van der Waals surface area contributed by atoms with Gasteiger partial charge in [0.05, 0.1) is 12.3 Å². The van der Waals surface area contributed by atoms with Crippen LogP contribution in [0.5, 0.6) is 5.75 Å². The molecular weight excluding hydrogens is 288 g/mol. The Bertz CT molecular complexity index is 487. The first kappa shape index (κ1) is 17.9. The number of carboxylic acids is 1. The van der Waals surface area contributed by atoms with E-state index in [0.717, 1.165) is 5.56 Å². The van der Waals surface area contributed by atoms with Crippen LogP contribution in [-0.4, -0.2) is 49.8 Å². The van der Waals surface area contributed by atoms with Gasteiger partial charge in [-0.3, -0.25) is 4.79 Å². The second-order valence-corrected chi connectivity index (χ2v) is 4.73. The summed E-state index contributed by atoms with van der Waals surface area (Å²) in [6, 6.07) is 6.22. The lowest BCUT2D eigenvalue weighted by Gasteiger charge is -2.09. The summed E-state index contributed by atoms with van der Waals surface area (Å²) in [5.74, 6) is -0.347. The number of rotatable bonds is 10. The van der Waals surface area contributed by atoms with Gasteiger partial charge in [0.1, 0.15) is 25.0 Å². The second kappa shape index (κ2) is 9.75. The Morgan fingerprint density at radius 1 is 1.32 bits per heavy atom. The van der Waals surface area contributed by atoms with Crippen molar-refractivity contribution < 1.29 is 24.2 Å². The number of aliphatic carboxylic acids is 1. The number of ether oxygens (including phenoxy) is 2. The summed E-state index contributed by atoms with van der Waals surface area (Å²) in [6.45, 7) is 2.98. The Kier molecular flexibility index (Phi) is 7.95. The third kappa shape index (κ3) is 7.05. The maximum atomic E-state index is 10.7. The molecule has 22 heavy (non-hydrogen) atoms. The minimum Gasteiger partial charge on any atom is -0.488 e. The Morgan fingerprint density at radius 2 is 2.00 bits per heavy atom. The van der Waals surface area contributed by atoms with Gasteiger partial charge in [-0.25, -0.2) is 0 Å². The van der Waals surface area contributed by atoms with E-state index in [1.165, 1.54) is 0 Å². The van der Waals surface area contributed by atoms with Gasteiger partial charge in [-0.15, -0.1) is 0 Å². The summed E-state index contributed by atoms with van der Waals surface area (Å²) >= 11 is 0. The lowest BCUT2D eigenvalue weighted by molar-refractivity contribution is -0.138. The highest BCUT2D eigenvalue weighted by Gasteiger charge is 2.11. The van der Waals surface area contributed by atoms with Gasteiger partial charge in [-0.1, -0.05) is 17.3 Å². The molecule has 0 aromatic heterocycles. The van der Waals surface area contributed by atoms with Crippen LogP contribution in [0.15, 0.2) is 29.4 Å². The fraction of sp³-hybridized carbons (Fsp3) is 0.467. The molecule has 0 aliphatic heterocycles. The number of hydrogen-bond acceptors (Lipinski definition) is 6. The number of oxime groups is 1. The van der Waals surface area contributed by atoms with Gasteiger partial charge >= 0.3 is 5.97 Å². The number of nitrogens with zero attached hydrogens (tertiary/aromatic N) is 1. The molecule has 1 aromatic rings. The SMILES string of the molecule is COCCO/N=C(\C)COc1ccc(CC(N)C(=O)O)cc1. The molecule has 0 spiro atoms. The molecule has 1 unspecified atom stereocenters. The molecule has 0 fully saturated rings. The van der Waals surface area contributed by atoms with Gasteiger partial charge in [0, 0.05) is 7.11 Å². The third-order valence-electron chi connectivity index (χ3n) is 2.74. The minimum absolute atomic E-state index is 0.281. The van der Waals surface area contributed by atoms with Crippen LogP contribution in [0.4, 0.5) is 0 Å². The van der Waals surface area contributed by atoms with Gasteiger partial charge in [0.2, 0.25) is 0 Å². The summed E-state index contributed by atoms with van der Waals surface area (Å²) < 4.78 is 10.4. The largest absolute Gasteiger partial charge is 0.488 e. The maximum Gasteiger partial charge on any atom is 0.320 e. The summed E-state index contributed by atoms with van der Waals surface area (Å²) in [5.41, 5.74) is 7.03. The van der Waals surface area contributed by atoms with Crippen molar-refractivity contribution >= 4 is 11.7 Å². The van der Waals surface area contributed by atoms with E-state index >= 15 is 0 Å². The minimum atomic E-state index is -1.01. The van der Waals surface area contributed by atoms with Crippen LogP contribution in [0, 0.1) is 0 Å². The zero-order valence-corrected chi connectivity index (χ0v) is 12.8. The van der Waals surface area contributed by atoms with Crippen molar-refractivity contribution in [3.05, 3.63) is 29.8 Å². The molecule has 1 atom stereocenters. The van der Waals surface area contributed by atoms with Gasteiger partial charge in [0.25, 0.3) is 0 Å². The molecule has 0 saturated heterocycles. The van der Waals surface area contributed by atoms with Gasteiger partial charge in [-0.2, -0.15) is 0 Å². The van der Waals surface area contributed by atoms with Gasteiger partial charge < -0.3 is 25.2 Å². The van der Waals surface area contributed by atoms with E-state index in [1.807, 2.05) is 0 Å². The van der Waals surface area contributed by atoms with Crippen LogP contribution in [0.25, 0.3) is 0 Å². The molecule has 1 aromatic carbocycles. The summed E-state index contributed by atoms with van der Waals surface area (Å²) in [7, 11) is 1.59. The van der Waals surface area contributed by atoms with E-state index in [2.05, 4.69) is 5.16 Å². The van der Waals surface area contributed by atoms with Crippen molar-refractivity contribution in [3.63, 3.8) is 0 Å². The lowest BCUT2D eigenvalue weighted by Crippen LogP contribution is -2.32. The number of carboxylic acid groups (broad SMARTS) is 1. The van der Waals surface area contributed by atoms with Crippen molar-refractivity contribution in [2.75, 3.05) is 26.9 Å². The molecular formula is C15H22N2O5. The molecule has 1 rings (SSSR count). The van der Waals surface area contributed by atoms with Gasteiger partial charge in [0.15, 0.2) is 0 Å². The Labute approximate surface area is 129 Å². The quantitative estimate of drug-likeness (QED) is 0.380. The van der Waals surface area contributed by atoms with E-state index in [-0.39, 0.29) is 6.42 Å². The average Bonchev–Trinajstić information content (AvgIpc) is 2.50. The molecule has 0 bridgehead atoms.